The normalized spacial score (nSPS) is 9.43. The van der Waals surface area contributed by atoms with Crippen molar-refractivity contribution in [1.29, 1.82) is 0 Å². The van der Waals surface area contributed by atoms with Crippen LogP contribution in [0.2, 0.25) is 0 Å². The van der Waals surface area contributed by atoms with Gasteiger partial charge in [-0.15, -0.1) is 0 Å². The lowest BCUT2D eigenvalue weighted by atomic mass is 10.3. The zero-order valence-electron chi connectivity index (χ0n) is 11.6. The van der Waals surface area contributed by atoms with Gasteiger partial charge in [0.2, 0.25) is 0 Å². The lowest BCUT2D eigenvalue weighted by Crippen LogP contribution is -1.97. The molecule has 0 bridgehead atoms. The van der Waals surface area contributed by atoms with Crippen molar-refractivity contribution in [2.45, 2.75) is 0 Å². The minimum Gasteiger partial charge on any atom is -0.497 e. The Balaban J connectivity index is 1.73. The number of ether oxygens (including phenoxy) is 3. The van der Waals surface area contributed by atoms with Crippen molar-refractivity contribution in [2.24, 2.45) is 0 Å². The SMILES string of the molecule is COc1ccc(OCC#CCOc2ccccc2Br)cc1. The first-order valence-corrected chi connectivity index (χ1v) is 7.19. The summed E-state index contributed by atoms with van der Waals surface area (Å²) in [6, 6.07) is 15.1. The van der Waals surface area contributed by atoms with Gasteiger partial charge in [0.25, 0.3) is 0 Å². The van der Waals surface area contributed by atoms with E-state index in [4.69, 9.17) is 14.2 Å². The molecule has 4 heteroatoms. The topological polar surface area (TPSA) is 27.7 Å². The average molecular weight is 347 g/mol. The molecular weight excluding hydrogens is 332 g/mol. The van der Waals surface area contributed by atoms with E-state index in [1.54, 1.807) is 7.11 Å². The fraction of sp³-hybridized carbons (Fsp3) is 0.176. The summed E-state index contributed by atoms with van der Waals surface area (Å²) in [7, 11) is 1.63. The molecule has 0 unspecified atom stereocenters. The van der Waals surface area contributed by atoms with Crippen molar-refractivity contribution in [3.05, 3.63) is 53.0 Å². The molecule has 108 valence electrons. The van der Waals surface area contributed by atoms with Gasteiger partial charge >= 0.3 is 0 Å². The zero-order chi connectivity index (χ0) is 14.9. The van der Waals surface area contributed by atoms with Gasteiger partial charge in [-0.2, -0.15) is 0 Å². The van der Waals surface area contributed by atoms with Crippen molar-refractivity contribution in [3.63, 3.8) is 0 Å². The highest BCUT2D eigenvalue weighted by molar-refractivity contribution is 9.10. The van der Waals surface area contributed by atoms with E-state index in [0.29, 0.717) is 13.2 Å². The minimum atomic E-state index is 0.325. The fourth-order valence-corrected chi connectivity index (χ4v) is 1.97. The van der Waals surface area contributed by atoms with Crippen molar-refractivity contribution in [1.82, 2.24) is 0 Å². The summed E-state index contributed by atoms with van der Waals surface area (Å²) in [5.41, 5.74) is 0. The summed E-state index contributed by atoms with van der Waals surface area (Å²) in [5.74, 6) is 8.16. The Morgan fingerprint density at radius 3 is 2.14 bits per heavy atom. The van der Waals surface area contributed by atoms with Crippen molar-refractivity contribution in [3.8, 4) is 29.1 Å². The van der Waals surface area contributed by atoms with Gasteiger partial charge < -0.3 is 14.2 Å². The van der Waals surface area contributed by atoms with Gasteiger partial charge in [-0.3, -0.25) is 0 Å². The number of hydrogen-bond donors (Lipinski definition) is 0. The highest BCUT2D eigenvalue weighted by Crippen LogP contribution is 2.23. The molecule has 0 spiro atoms. The Kier molecular flexibility index (Phi) is 5.99. The highest BCUT2D eigenvalue weighted by Gasteiger charge is 1.96. The van der Waals surface area contributed by atoms with Crippen LogP contribution in [-0.4, -0.2) is 20.3 Å². The number of hydrogen-bond acceptors (Lipinski definition) is 3. The maximum Gasteiger partial charge on any atom is 0.149 e. The average Bonchev–Trinajstić information content (AvgIpc) is 2.53. The summed E-state index contributed by atoms with van der Waals surface area (Å²) in [6.07, 6.45) is 0. The Morgan fingerprint density at radius 1 is 0.857 bits per heavy atom. The monoisotopic (exact) mass is 346 g/mol. The van der Waals surface area contributed by atoms with Crippen LogP contribution in [-0.2, 0) is 0 Å². The van der Waals surface area contributed by atoms with E-state index in [9.17, 15) is 0 Å². The van der Waals surface area contributed by atoms with Crippen LogP contribution in [0.3, 0.4) is 0 Å². The van der Waals surface area contributed by atoms with E-state index in [0.717, 1.165) is 21.7 Å². The second-order valence-electron chi connectivity index (χ2n) is 4.04. The lowest BCUT2D eigenvalue weighted by Gasteiger charge is -2.04. The molecule has 21 heavy (non-hydrogen) atoms. The first-order valence-electron chi connectivity index (χ1n) is 6.39. The molecule has 0 atom stereocenters. The molecular formula is C17H15BrO3. The number of benzene rings is 2. The lowest BCUT2D eigenvalue weighted by molar-refractivity contribution is 0.360. The van der Waals surface area contributed by atoms with Crippen LogP contribution in [0.15, 0.2) is 53.0 Å². The third kappa shape index (κ3) is 5.05. The smallest absolute Gasteiger partial charge is 0.149 e. The van der Waals surface area contributed by atoms with Gasteiger partial charge in [0.05, 0.1) is 11.6 Å². The molecule has 2 aromatic carbocycles. The van der Waals surface area contributed by atoms with Crippen molar-refractivity contribution in [2.75, 3.05) is 20.3 Å². The summed E-state index contributed by atoms with van der Waals surface area (Å²) >= 11 is 3.41. The third-order valence-corrected chi connectivity index (χ3v) is 3.29. The highest BCUT2D eigenvalue weighted by atomic mass is 79.9. The molecule has 0 radical (unpaired) electrons. The molecule has 0 aliphatic rings. The van der Waals surface area contributed by atoms with Crippen LogP contribution < -0.4 is 14.2 Å². The van der Waals surface area contributed by atoms with Crippen LogP contribution in [0, 0.1) is 11.8 Å². The third-order valence-electron chi connectivity index (χ3n) is 2.63. The molecule has 0 fully saturated rings. The van der Waals surface area contributed by atoms with Crippen molar-refractivity contribution >= 4 is 15.9 Å². The Hall–Kier alpha value is -2.12. The molecule has 0 saturated heterocycles. The Labute approximate surface area is 133 Å². The number of rotatable bonds is 5. The predicted molar refractivity (Wildman–Crippen MR) is 85.9 cm³/mol. The van der Waals surface area contributed by atoms with Gasteiger partial charge in [0, 0.05) is 0 Å². The van der Waals surface area contributed by atoms with Crippen molar-refractivity contribution < 1.29 is 14.2 Å². The largest absolute Gasteiger partial charge is 0.497 e. The zero-order valence-corrected chi connectivity index (χ0v) is 13.2. The molecule has 0 aliphatic carbocycles. The van der Waals surface area contributed by atoms with Crippen LogP contribution >= 0.6 is 15.9 Å². The van der Waals surface area contributed by atoms with Crippen LogP contribution in [0.1, 0.15) is 0 Å². The maximum absolute atomic E-state index is 5.53. The molecule has 0 amide bonds. The van der Waals surface area contributed by atoms with Gasteiger partial charge in [-0.1, -0.05) is 24.0 Å². The molecule has 2 rings (SSSR count). The minimum absolute atomic E-state index is 0.325. The van der Waals surface area contributed by atoms with E-state index >= 15 is 0 Å². The summed E-state index contributed by atoms with van der Waals surface area (Å²) in [6.45, 7) is 0.653. The van der Waals surface area contributed by atoms with Crippen LogP contribution in [0.25, 0.3) is 0 Å². The molecule has 0 heterocycles. The Morgan fingerprint density at radius 2 is 1.48 bits per heavy atom. The number of para-hydroxylation sites is 1. The second-order valence-corrected chi connectivity index (χ2v) is 4.89. The van der Waals surface area contributed by atoms with Crippen LogP contribution in [0.5, 0.6) is 17.2 Å². The molecule has 0 aromatic heterocycles. The quantitative estimate of drug-likeness (QED) is 0.768. The second kappa shape index (κ2) is 8.23. The predicted octanol–water partition coefficient (Wildman–Crippen LogP) is 3.92. The first-order chi connectivity index (χ1) is 10.3. The summed E-state index contributed by atoms with van der Waals surface area (Å²) < 4.78 is 17.0. The number of halogens is 1. The van der Waals surface area contributed by atoms with Gasteiger partial charge in [-0.05, 0) is 52.3 Å². The Bertz CT molecular complexity index is 626. The van der Waals surface area contributed by atoms with Gasteiger partial charge in [-0.25, -0.2) is 0 Å². The first kappa shape index (κ1) is 15.3. The summed E-state index contributed by atoms with van der Waals surface area (Å²) in [5, 5.41) is 0. The fourth-order valence-electron chi connectivity index (χ4n) is 1.57. The van der Waals surface area contributed by atoms with E-state index in [2.05, 4.69) is 27.8 Å². The van der Waals surface area contributed by atoms with Gasteiger partial charge in [0.15, 0.2) is 0 Å². The molecule has 0 saturated carbocycles. The van der Waals surface area contributed by atoms with E-state index in [1.165, 1.54) is 0 Å². The van der Waals surface area contributed by atoms with E-state index < -0.39 is 0 Å². The number of methoxy groups -OCH3 is 1. The maximum atomic E-state index is 5.53. The molecule has 0 aliphatic heterocycles. The van der Waals surface area contributed by atoms with Crippen LogP contribution in [0.4, 0.5) is 0 Å². The van der Waals surface area contributed by atoms with E-state index in [-0.39, 0.29) is 0 Å². The summed E-state index contributed by atoms with van der Waals surface area (Å²) in [4.78, 5) is 0. The molecule has 0 N–H and O–H groups in total. The van der Waals surface area contributed by atoms with E-state index in [1.807, 2.05) is 48.5 Å². The molecule has 3 nitrogen and oxygen atoms in total. The molecule has 2 aromatic rings. The standard InChI is InChI=1S/C17H15BrO3/c1-19-14-8-10-15(11-9-14)20-12-4-5-13-21-17-7-3-2-6-16(17)18/h2-3,6-11H,12-13H2,1H3. The van der Waals surface area contributed by atoms with Gasteiger partial charge in [0.1, 0.15) is 30.5 Å².